The number of rotatable bonds is 6. The van der Waals surface area contributed by atoms with Crippen LogP contribution in [0.25, 0.3) is 0 Å². The molecule has 0 aromatic heterocycles. The lowest BCUT2D eigenvalue weighted by Crippen LogP contribution is -2.51. The molecule has 0 saturated carbocycles. The number of nitrogens with zero attached hydrogens (tertiary/aromatic N) is 2. The molecule has 0 spiro atoms. The summed E-state index contributed by atoms with van der Waals surface area (Å²) in [6.45, 7) is 7.17. The molecule has 1 aliphatic heterocycles. The quantitative estimate of drug-likeness (QED) is 0.583. The highest BCUT2D eigenvalue weighted by atomic mass is 16.2. The van der Waals surface area contributed by atoms with Crippen molar-refractivity contribution in [3.63, 3.8) is 0 Å². The SMILES string of the molecule is C=CCNC(=O)CN1CCN(C(=O)Cc2ccc(N)cc2)CC1. The Bertz CT molecular complexity index is 548. The van der Waals surface area contributed by atoms with Crippen LogP contribution in [0.15, 0.2) is 36.9 Å². The van der Waals surface area contributed by atoms with E-state index >= 15 is 0 Å². The van der Waals surface area contributed by atoms with Crippen LogP contribution in [-0.2, 0) is 16.0 Å². The third-order valence-electron chi connectivity index (χ3n) is 3.87. The highest BCUT2D eigenvalue weighted by Crippen LogP contribution is 2.09. The highest BCUT2D eigenvalue weighted by Gasteiger charge is 2.22. The molecule has 1 heterocycles. The van der Waals surface area contributed by atoms with Gasteiger partial charge in [-0.15, -0.1) is 6.58 Å². The van der Waals surface area contributed by atoms with Gasteiger partial charge in [0, 0.05) is 38.4 Å². The van der Waals surface area contributed by atoms with Crippen molar-refractivity contribution in [2.75, 3.05) is 45.0 Å². The van der Waals surface area contributed by atoms with E-state index in [1.807, 2.05) is 29.2 Å². The van der Waals surface area contributed by atoms with Gasteiger partial charge in [0.05, 0.1) is 13.0 Å². The number of nitrogen functional groups attached to an aromatic ring is 1. The molecule has 0 atom stereocenters. The van der Waals surface area contributed by atoms with E-state index in [-0.39, 0.29) is 11.8 Å². The number of anilines is 1. The van der Waals surface area contributed by atoms with Gasteiger partial charge in [-0.05, 0) is 17.7 Å². The molecule has 6 nitrogen and oxygen atoms in total. The van der Waals surface area contributed by atoms with Crippen molar-refractivity contribution >= 4 is 17.5 Å². The molecule has 0 radical (unpaired) electrons. The predicted octanol–water partition coefficient (Wildman–Crippen LogP) is 0.258. The van der Waals surface area contributed by atoms with E-state index < -0.39 is 0 Å². The molecule has 1 aliphatic rings. The van der Waals surface area contributed by atoms with Crippen molar-refractivity contribution in [3.8, 4) is 0 Å². The van der Waals surface area contributed by atoms with Crippen LogP contribution in [0, 0.1) is 0 Å². The van der Waals surface area contributed by atoms with Gasteiger partial charge in [-0.2, -0.15) is 0 Å². The highest BCUT2D eigenvalue weighted by molar-refractivity contribution is 5.79. The van der Waals surface area contributed by atoms with Gasteiger partial charge in [0.15, 0.2) is 0 Å². The fraction of sp³-hybridized carbons (Fsp3) is 0.412. The van der Waals surface area contributed by atoms with E-state index in [4.69, 9.17) is 5.73 Å². The molecular formula is C17H24N4O2. The fourth-order valence-electron chi connectivity index (χ4n) is 2.52. The summed E-state index contributed by atoms with van der Waals surface area (Å²) in [6, 6.07) is 7.38. The van der Waals surface area contributed by atoms with Crippen molar-refractivity contribution in [2.45, 2.75) is 6.42 Å². The Kier molecular flexibility index (Phi) is 6.17. The molecule has 3 N–H and O–H groups in total. The monoisotopic (exact) mass is 316 g/mol. The maximum absolute atomic E-state index is 12.3. The van der Waals surface area contributed by atoms with Crippen LogP contribution in [-0.4, -0.2) is 60.9 Å². The second kappa shape index (κ2) is 8.33. The maximum Gasteiger partial charge on any atom is 0.234 e. The summed E-state index contributed by atoms with van der Waals surface area (Å²) >= 11 is 0. The van der Waals surface area contributed by atoms with Crippen LogP contribution < -0.4 is 11.1 Å². The van der Waals surface area contributed by atoms with E-state index in [9.17, 15) is 9.59 Å². The molecule has 1 saturated heterocycles. The van der Waals surface area contributed by atoms with Crippen LogP contribution in [0.4, 0.5) is 5.69 Å². The molecule has 0 unspecified atom stereocenters. The molecule has 6 heteroatoms. The Labute approximate surface area is 136 Å². The molecule has 0 bridgehead atoms. The van der Waals surface area contributed by atoms with Crippen molar-refractivity contribution in [1.29, 1.82) is 0 Å². The third-order valence-corrected chi connectivity index (χ3v) is 3.87. The van der Waals surface area contributed by atoms with Crippen molar-refractivity contribution in [3.05, 3.63) is 42.5 Å². The Morgan fingerprint density at radius 3 is 2.43 bits per heavy atom. The van der Waals surface area contributed by atoms with Crippen molar-refractivity contribution in [1.82, 2.24) is 15.1 Å². The van der Waals surface area contributed by atoms with E-state index in [1.54, 1.807) is 6.08 Å². The van der Waals surface area contributed by atoms with Crippen molar-refractivity contribution < 1.29 is 9.59 Å². The first-order valence-electron chi connectivity index (χ1n) is 7.80. The number of nitrogens with two attached hydrogens (primary N) is 1. The minimum Gasteiger partial charge on any atom is -0.399 e. The average Bonchev–Trinajstić information content (AvgIpc) is 2.55. The molecule has 0 aliphatic carbocycles. The van der Waals surface area contributed by atoms with E-state index in [2.05, 4.69) is 16.8 Å². The number of hydrogen-bond donors (Lipinski definition) is 2. The predicted molar refractivity (Wildman–Crippen MR) is 90.8 cm³/mol. The summed E-state index contributed by atoms with van der Waals surface area (Å²) in [5.41, 5.74) is 7.31. The number of amides is 2. The lowest BCUT2D eigenvalue weighted by molar-refractivity contribution is -0.132. The number of hydrogen-bond acceptors (Lipinski definition) is 4. The van der Waals surface area contributed by atoms with E-state index in [0.29, 0.717) is 38.3 Å². The second-order valence-corrected chi connectivity index (χ2v) is 5.67. The fourth-order valence-corrected chi connectivity index (χ4v) is 2.52. The van der Waals surface area contributed by atoms with Gasteiger partial charge >= 0.3 is 0 Å². The Morgan fingerprint density at radius 1 is 1.17 bits per heavy atom. The largest absolute Gasteiger partial charge is 0.399 e. The van der Waals surface area contributed by atoms with E-state index in [0.717, 1.165) is 18.7 Å². The number of piperazine rings is 1. The molecule has 1 aromatic rings. The van der Waals surface area contributed by atoms with Crippen molar-refractivity contribution in [2.24, 2.45) is 0 Å². The molecule has 1 aromatic carbocycles. The van der Waals surface area contributed by atoms with Crippen LogP contribution in [0.2, 0.25) is 0 Å². The van der Waals surface area contributed by atoms with Crippen LogP contribution >= 0.6 is 0 Å². The van der Waals surface area contributed by atoms with Crippen LogP contribution in [0.3, 0.4) is 0 Å². The summed E-state index contributed by atoms with van der Waals surface area (Å²) in [6.07, 6.45) is 2.05. The standard InChI is InChI=1S/C17H24N4O2/c1-2-7-19-16(22)13-20-8-10-21(11-9-20)17(23)12-14-3-5-15(18)6-4-14/h2-6H,1,7-13,18H2,(H,19,22). The Hall–Kier alpha value is -2.34. The molecule has 23 heavy (non-hydrogen) atoms. The lowest BCUT2D eigenvalue weighted by atomic mass is 10.1. The summed E-state index contributed by atoms with van der Waals surface area (Å²) < 4.78 is 0. The summed E-state index contributed by atoms with van der Waals surface area (Å²) in [5.74, 6) is 0.108. The first-order chi connectivity index (χ1) is 11.1. The number of benzene rings is 1. The third kappa shape index (κ3) is 5.41. The zero-order valence-electron chi connectivity index (χ0n) is 13.3. The minimum atomic E-state index is -0.00782. The van der Waals surface area contributed by atoms with Gasteiger partial charge < -0.3 is 16.0 Å². The first-order valence-corrected chi connectivity index (χ1v) is 7.80. The van der Waals surface area contributed by atoms with Crippen LogP contribution in [0.5, 0.6) is 0 Å². The zero-order chi connectivity index (χ0) is 16.7. The lowest BCUT2D eigenvalue weighted by Gasteiger charge is -2.34. The zero-order valence-corrected chi connectivity index (χ0v) is 13.3. The maximum atomic E-state index is 12.3. The van der Waals surface area contributed by atoms with Gasteiger partial charge in [-0.25, -0.2) is 0 Å². The van der Waals surface area contributed by atoms with Crippen LogP contribution in [0.1, 0.15) is 5.56 Å². The minimum absolute atomic E-state index is 0.00782. The van der Waals surface area contributed by atoms with Gasteiger partial charge in [0.2, 0.25) is 11.8 Å². The van der Waals surface area contributed by atoms with Gasteiger partial charge in [0.25, 0.3) is 0 Å². The molecule has 2 rings (SSSR count). The molecular weight excluding hydrogens is 292 g/mol. The van der Waals surface area contributed by atoms with Gasteiger partial charge in [-0.3, -0.25) is 14.5 Å². The first kappa shape index (κ1) is 17.0. The normalized spacial score (nSPS) is 15.2. The Morgan fingerprint density at radius 2 is 1.83 bits per heavy atom. The summed E-state index contributed by atoms with van der Waals surface area (Å²) in [7, 11) is 0. The molecule has 1 fully saturated rings. The van der Waals surface area contributed by atoms with Gasteiger partial charge in [-0.1, -0.05) is 18.2 Å². The number of carbonyl (C=O) groups excluding carboxylic acids is 2. The average molecular weight is 316 g/mol. The van der Waals surface area contributed by atoms with Gasteiger partial charge in [0.1, 0.15) is 0 Å². The molecule has 124 valence electrons. The summed E-state index contributed by atoms with van der Waals surface area (Å²) in [5, 5.41) is 2.76. The van der Waals surface area contributed by atoms with E-state index in [1.165, 1.54) is 0 Å². The smallest absolute Gasteiger partial charge is 0.234 e. The molecule has 2 amide bonds. The topological polar surface area (TPSA) is 78.7 Å². The second-order valence-electron chi connectivity index (χ2n) is 5.67. The number of nitrogens with one attached hydrogen (secondary N) is 1. The number of carbonyl (C=O) groups is 2. The summed E-state index contributed by atoms with van der Waals surface area (Å²) in [4.78, 5) is 27.9. The Balaban J connectivity index is 1.75.